The Morgan fingerprint density at radius 2 is 2.06 bits per heavy atom. The number of esters is 1. The maximum Gasteiger partial charge on any atom is 0.350 e. The lowest BCUT2D eigenvalue weighted by Gasteiger charge is -2.13. The van der Waals surface area contributed by atoms with Crippen molar-refractivity contribution in [2.24, 2.45) is 0 Å². The number of amides is 1. The molecule has 3 heterocycles. The summed E-state index contributed by atoms with van der Waals surface area (Å²) >= 11 is 1.00. The molecule has 0 aliphatic carbocycles. The molecule has 0 fully saturated rings. The van der Waals surface area contributed by atoms with Gasteiger partial charge in [-0.1, -0.05) is 35.5 Å². The average molecular weight is 497 g/mol. The van der Waals surface area contributed by atoms with Crippen molar-refractivity contribution < 1.29 is 24.0 Å². The Kier molecular flexibility index (Phi) is 7.32. The third-order valence-electron chi connectivity index (χ3n) is 4.97. The van der Waals surface area contributed by atoms with Crippen molar-refractivity contribution in [3.05, 3.63) is 46.9 Å². The van der Waals surface area contributed by atoms with Crippen LogP contribution >= 0.6 is 11.3 Å². The number of aromatic nitrogens is 4. The zero-order chi connectivity index (χ0) is 24.9. The Labute approximate surface area is 204 Å². The van der Waals surface area contributed by atoms with Crippen LogP contribution in [0.4, 0.5) is 10.9 Å². The van der Waals surface area contributed by atoms with Gasteiger partial charge in [0.25, 0.3) is 5.91 Å². The zero-order valence-corrected chi connectivity index (χ0v) is 20.2. The molecule has 3 N–H and O–H groups in total. The number of hydrogen-bond donors (Lipinski definition) is 3. The van der Waals surface area contributed by atoms with Crippen molar-refractivity contribution in [2.75, 3.05) is 23.8 Å². The van der Waals surface area contributed by atoms with E-state index in [2.05, 4.69) is 30.7 Å². The first-order chi connectivity index (χ1) is 16.9. The van der Waals surface area contributed by atoms with E-state index in [0.29, 0.717) is 41.1 Å². The molecular weight excluding hydrogens is 472 g/mol. The Morgan fingerprint density at radius 3 is 2.80 bits per heavy atom. The molecule has 35 heavy (non-hydrogen) atoms. The molecule has 11 nitrogen and oxygen atoms in total. The van der Waals surface area contributed by atoms with Gasteiger partial charge in [-0.2, -0.15) is 4.98 Å². The van der Waals surface area contributed by atoms with E-state index >= 15 is 0 Å². The summed E-state index contributed by atoms with van der Waals surface area (Å²) in [5.41, 5.74) is 1.20. The predicted molar refractivity (Wildman–Crippen MR) is 130 cm³/mol. The Balaban J connectivity index is 1.43. The smallest absolute Gasteiger partial charge is 0.350 e. The number of aryl methyl sites for hydroxylation is 2. The molecule has 0 radical (unpaired) electrons. The number of rotatable bonds is 9. The zero-order valence-electron chi connectivity index (χ0n) is 19.4. The van der Waals surface area contributed by atoms with Gasteiger partial charge in [0, 0.05) is 24.1 Å². The Hall–Kier alpha value is -3.90. The van der Waals surface area contributed by atoms with Crippen LogP contribution in [-0.2, 0) is 9.53 Å². The average Bonchev–Trinajstić information content (AvgIpc) is 3.45. The number of fused-ring (bicyclic) bond motifs is 1. The number of aliphatic hydroxyl groups excluding tert-OH is 1. The number of carbonyl (C=O) groups is 2. The number of benzene rings is 1. The van der Waals surface area contributed by atoms with Gasteiger partial charge in [0.1, 0.15) is 16.8 Å². The van der Waals surface area contributed by atoms with E-state index in [1.807, 2.05) is 31.2 Å². The molecule has 0 unspecified atom stereocenters. The highest BCUT2D eigenvalue weighted by Crippen LogP contribution is 2.27. The molecule has 0 saturated carbocycles. The number of anilines is 2. The first-order valence-electron chi connectivity index (χ1n) is 10.9. The topological polar surface area (TPSA) is 152 Å². The normalized spacial score (nSPS) is 11.9. The molecule has 182 valence electrons. The van der Waals surface area contributed by atoms with Crippen LogP contribution in [0, 0.1) is 13.8 Å². The van der Waals surface area contributed by atoms with Crippen LogP contribution in [0.1, 0.15) is 34.6 Å². The Morgan fingerprint density at radius 1 is 1.23 bits per heavy atom. The molecule has 0 bridgehead atoms. The summed E-state index contributed by atoms with van der Waals surface area (Å²) in [4.78, 5) is 37.7. The highest BCUT2D eigenvalue weighted by Gasteiger charge is 2.21. The van der Waals surface area contributed by atoms with Gasteiger partial charge >= 0.3 is 5.97 Å². The lowest BCUT2D eigenvalue weighted by Crippen LogP contribution is -2.33. The van der Waals surface area contributed by atoms with Crippen LogP contribution in [-0.4, -0.2) is 56.3 Å². The largest absolute Gasteiger partial charge is 0.461 e. The standard InChI is InChI=1S/C23H24N6O5S/c1-4-9-33-22(32)18-12(2)26-23(35-18)28-21(31)17(30)11-25-20-16-10-15(19-27-13(3)34-29-19)6-5-14(16)7-8-24-20/h5-8,10,17,30H,4,9,11H2,1-3H3,(H,24,25)(H,26,28,31)/t17-/m1/s1. The summed E-state index contributed by atoms with van der Waals surface area (Å²) < 4.78 is 10.2. The first-order valence-corrected chi connectivity index (χ1v) is 11.7. The summed E-state index contributed by atoms with van der Waals surface area (Å²) in [6, 6.07) is 7.49. The van der Waals surface area contributed by atoms with E-state index < -0.39 is 18.0 Å². The summed E-state index contributed by atoms with van der Waals surface area (Å²) in [7, 11) is 0. The lowest BCUT2D eigenvalue weighted by atomic mass is 10.1. The van der Waals surface area contributed by atoms with E-state index in [0.717, 1.165) is 27.7 Å². The van der Waals surface area contributed by atoms with Gasteiger partial charge < -0.3 is 19.7 Å². The molecule has 0 saturated heterocycles. The minimum absolute atomic E-state index is 0.0980. The second-order valence-corrected chi connectivity index (χ2v) is 8.69. The molecule has 3 aromatic heterocycles. The van der Waals surface area contributed by atoms with Gasteiger partial charge in [-0.3, -0.25) is 10.1 Å². The van der Waals surface area contributed by atoms with Crippen LogP contribution < -0.4 is 10.6 Å². The van der Waals surface area contributed by atoms with Gasteiger partial charge in [0.05, 0.1) is 18.8 Å². The predicted octanol–water partition coefficient (Wildman–Crippen LogP) is 3.34. The third kappa shape index (κ3) is 5.61. The van der Waals surface area contributed by atoms with Crippen molar-refractivity contribution in [3.63, 3.8) is 0 Å². The maximum absolute atomic E-state index is 12.5. The van der Waals surface area contributed by atoms with Gasteiger partial charge in [-0.25, -0.2) is 14.8 Å². The Bertz CT molecular complexity index is 1370. The second-order valence-electron chi connectivity index (χ2n) is 7.69. The molecule has 4 aromatic rings. The third-order valence-corrected chi connectivity index (χ3v) is 6.02. The van der Waals surface area contributed by atoms with Gasteiger partial charge in [0.15, 0.2) is 5.13 Å². The fraction of sp³-hybridized carbons (Fsp3) is 0.304. The van der Waals surface area contributed by atoms with E-state index in [9.17, 15) is 14.7 Å². The van der Waals surface area contributed by atoms with Gasteiger partial charge in [-0.05, 0) is 30.9 Å². The molecule has 12 heteroatoms. The van der Waals surface area contributed by atoms with Crippen LogP contribution in [0.25, 0.3) is 22.2 Å². The SMILES string of the molecule is CCCOC(=O)c1sc(NC(=O)[C@H](O)CNc2nccc3ccc(-c4noc(C)n4)cc23)nc1C. The fourth-order valence-corrected chi connectivity index (χ4v) is 4.10. The summed E-state index contributed by atoms with van der Waals surface area (Å²) in [6.07, 6.45) is 0.942. The number of nitrogens with one attached hydrogen (secondary N) is 2. The highest BCUT2D eigenvalue weighted by molar-refractivity contribution is 7.17. The minimum Gasteiger partial charge on any atom is -0.461 e. The number of pyridine rings is 1. The minimum atomic E-state index is -1.39. The van der Waals surface area contributed by atoms with Gasteiger partial charge in [-0.15, -0.1) is 0 Å². The summed E-state index contributed by atoms with van der Waals surface area (Å²) in [5, 5.41) is 21.8. The molecule has 0 spiro atoms. The molecular formula is C23H24N6O5S. The lowest BCUT2D eigenvalue weighted by molar-refractivity contribution is -0.123. The van der Waals surface area contributed by atoms with E-state index in [-0.39, 0.29) is 11.7 Å². The van der Waals surface area contributed by atoms with Crippen molar-refractivity contribution in [1.82, 2.24) is 20.1 Å². The quantitative estimate of drug-likeness (QED) is 0.294. The van der Waals surface area contributed by atoms with Crippen molar-refractivity contribution in [3.8, 4) is 11.4 Å². The van der Waals surface area contributed by atoms with Crippen molar-refractivity contribution in [2.45, 2.75) is 33.3 Å². The summed E-state index contributed by atoms with van der Waals surface area (Å²) in [6.45, 7) is 5.47. The number of thiazole rings is 1. The van der Waals surface area contributed by atoms with Crippen molar-refractivity contribution >= 4 is 44.9 Å². The van der Waals surface area contributed by atoms with E-state index in [1.165, 1.54) is 0 Å². The van der Waals surface area contributed by atoms with Crippen LogP contribution in [0.15, 0.2) is 35.0 Å². The van der Waals surface area contributed by atoms with Crippen molar-refractivity contribution in [1.29, 1.82) is 0 Å². The molecule has 0 aliphatic heterocycles. The monoisotopic (exact) mass is 496 g/mol. The highest BCUT2D eigenvalue weighted by atomic mass is 32.1. The number of nitrogens with zero attached hydrogens (tertiary/aromatic N) is 4. The van der Waals surface area contributed by atoms with E-state index in [4.69, 9.17) is 9.26 Å². The number of carbonyl (C=O) groups excluding carboxylic acids is 2. The maximum atomic E-state index is 12.5. The molecule has 1 atom stereocenters. The molecule has 1 aromatic carbocycles. The number of ether oxygens (including phenoxy) is 1. The molecule has 0 aliphatic rings. The molecule has 1 amide bonds. The van der Waals surface area contributed by atoms with Crippen LogP contribution in [0.5, 0.6) is 0 Å². The number of hydrogen-bond acceptors (Lipinski definition) is 11. The van der Waals surface area contributed by atoms with Crippen LogP contribution in [0.3, 0.4) is 0 Å². The molecule has 4 rings (SSSR count). The van der Waals surface area contributed by atoms with Crippen LogP contribution in [0.2, 0.25) is 0 Å². The summed E-state index contributed by atoms with van der Waals surface area (Å²) in [5.74, 6) is 0.252. The number of aliphatic hydroxyl groups is 1. The first kappa shape index (κ1) is 24.2. The fourth-order valence-electron chi connectivity index (χ4n) is 3.24. The van der Waals surface area contributed by atoms with E-state index in [1.54, 1.807) is 20.0 Å². The second kappa shape index (κ2) is 10.6. The van der Waals surface area contributed by atoms with Gasteiger partial charge in [0.2, 0.25) is 11.7 Å².